The van der Waals surface area contributed by atoms with E-state index in [9.17, 15) is 9.59 Å². The van der Waals surface area contributed by atoms with Crippen LogP contribution in [0.25, 0.3) is 0 Å². The zero-order valence-electron chi connectivity index (χ0n) is 14.7. The summed E-state index contributed by atoms with van der Waals surface area (Å²) in [5.74, 6) is 0.0595. The third-order valence-electron chi connectivity index (χ3n) is 3.49. The van der Waals surface area contributed by atoms with Crippen LogP contribution in [-0.2, 0) is 14.3 Å². The molecule has 2 unspecified atom stereocenters. The fourth-order valence-corrected chi connectivity index (χ4v) is 2.48. The molecule has 0 aromatic rings. The molecular weight excluding hydrogens is 298 g/mol. The molecule has 0 bridgehead atoms. The van der Waals surface area contributed by atoms with Crippen LogP contribution in [0.4, 0.5) is 4.79 Å². The molecule has 0 radical (unpaired) electrons. The van der Waals surface area contributed by atoms with Crippen molar-refractivity contribution < 1.29 is 19.1 Å². The maximum absolute atomic E-state index is 11.8. The van der Waals surface area contributed by atoms with Gasteiger partial charge in [-0.2, -0.15) is 0 Å². The summed E-state index contributed by atoms with van der Waals surface area (Å²) in [4.78, 5) is 23.4. The van der Waals surface area contributed by atoms with Crippen LogP contribution in [0.3, 0.4) is 0 Å². The molecule has 0 aliphatic carbocycles. The van der Waals surface area contributed by atoms with Crippen molar-refractivity contribution >= 4 is 12.0 Å². The summed E-state index contributed by atoms with van der Waals surface area (Å²) in [5.41, 5.74) is -0.488. The summed E-state index contributed by atoms with van der Waals surface area (Å²) in [6.45, 7) is 7.33. The van der Waals surface area contributed by atoms with Gasteiger partial charge in [-0.25, -0.2) is 4.79 Å². The predicted molar refractivity (Wildman–Crippen MR) is 88.3 cm³/mol. The fourth-order valence-electron chi connectivity index (χ4n) is 2.48. The van der Waals surface area contributed by atoms with E-state index < -0.39 is 11.7 Å². The van der Waals surface area contributed by atoms with Gasteiger partial charge in [0.2, 0.25) is 5.91 Å². The van der Waals surface area contributed by atoms with Crippen molar-refractivity contribution in [2.75, 3.05) is 26.8 Å². The van der Waals surface area contributed by atoms with Crippen LogP contribution >= 0.6 is 0 Å². The summed E-state index contributed by atoms with van der Waals surface area (Å²) >= 11 is 0. The number of methoxy groups -OCH3 is 1. The molecule has 1 aliphatic rings. The summed E-state index contributed by atoms with van der Waals surface area (Å²) < 4.78 is 10.4. The maximum atomic E-state index is 11.8. The van der Waals surface area contributed by atoms with Crippen LogP contribution in [-0.4, -0.2) is 56.5 Å². The van der Waals surface area contributed by atoms with E-state index in [-0.39, 0.29) is 18.0 Å². The minimum Gasteiger partial charge on any atom is -0.444 e. The molecule has 1 saturated heterocycles. The van der Waals surface area contributed by atoms with Gasteiger partial charge in [-0.15, -0.1) is 0 Å². The molecule has 7 heteroatoms. The molecule has 0 aromatic heterocycles. The van der Waals surface area contributed by atoms with Crippen molar-refractivity contribution in [2.24, 2.45) is 0 Å². The molecule has 1 fully saturated rings. The van der Waals surface area contributed by atoms with Gasteiger partial charge in [0.1, 0.15) is 5.60 Å². The Morgan fingerprint density at radius 2 is 2.17 bits per heavy atom. The van der Waals surface area contributed by atoms with Gasteiger partial charge in [-0.3, -0.25) is 4.79 Å². The number of rotatable bonds is 8. The minimum absolute atomic E-state index is 0.0595. The number of carbonyl (C=O) groups excluding carboxylic acids is 2. The number of nitrogens with one attached hydrogen (secondary N) is 3. The highest BCUT2D eigenvalue weighted by Crippen LogP contribution is 2.08. The Kier molecular flexibility index (Phi) is 8.33. The molecule has 134 valence electrons. The molecule has 2 atom stereocenters. The zero-order valence-corrected chi connectivity index (χ0v) is 14.7. The second kappa shape index (κ2) is 9.72. The van der Waals surface area contributed by atoms with Crippen LogP contribution in [0.1, 0.15) is 46.5 Å². The number of hydrogen-bond acceptors (Lipinski definition) is 5. The molecule has 0 aromatic carbocycles. The van der Waals surface area contributed by atoms with Gasteiger partial charge in [0, 0.05) is 26.2 Å². The highest BCUT2D eigenvalue weighted by Gasteiger charge is 2.24. The van der Waals surface area contributed by atoms with Crippen molar-refractivity contribution in [2.45, 2.75) is 64.1 Å². The Bertz CT molecular complexity index is 382. The fraction of sp³-hybridized carbons (Fsp3) is 0.875. The molecule has 2 amide bonds. The summed E-state index contributed by atoms with van der Waals surface area (Å²) in [6.07, 6.45) is 3.04. The second-order valence-electron chi connectivity index (χ2n) is 6.88. The van der Waals surface area contributed by atoms with Gasteiger partial charge in [0.25, 0.3) is 0 Å². The van der Waals surface area contributed by atoms with Gasteiger partial charge >= 0.3 is 6.09 Å². The molecular formula is C16H31N3O4. The van der Waals surface area contributed by atoms with Crippen LogP contribution in [0.2, 0.25) is 0 Å². The lowest BCUT2D eigenvalue weighted by molar-refractivity contribution is -0.124. The number of piperidine rings is 1. The van der Waals surface area contributed by atoms with Gasteiger partial charge < -0.3 is 25.4 Å². The Labute approximate surface area is 138 Å². The SMILES string of the molecule is COCC(CCCNC(=O)OC(C)(C)C)NC1CCCNC1=O. The van der Waals surface area contributed by atoms with Gasteiger partial charge in [-0.1, -0.05) is 0 Å². The Morgan fingerprint density at radius 3 is 2.78 bits per heavy atom. The third kappa shape index (κ3) is 8.76. The average Bonchev–Trinajstić information content (AvgIpc) is 2.44. The maximum Gasteiger partial charge on any atom is 0.407 e. The molecule has 3 N–H and O–H groups in total. The average molecular weight is 329 g/mol. The van der Waals surface area contributed by atoms with Crippen molar-refractivity contribution in [1.82, 2.24) is 16.0 Å². The predicted octanol–water partition coefficient (Wildman–Crippen LogP) is 1.17. The van der Waals surface area contributed by atoms with Gasteiger partial charge in [0.15, 0.2) is 0 Å². The Hall–Kier alpha value is -1.34. The summed E-state index contributed by atoms with van der Waals surface area (Å²) in [6, 6.07) is -0.0583. The highest BCUT2D eigenvalue weighted by molar-refractivity contribution is 5.82. The second-order valence-corrected chi connectivity index (χ2v) is 6.88. The van der Waals surface area contributed by atoms with Gasteiger partial charge in [-0.05, 0) is 46.5 Å². The Morgan fingerprint density at radius 1 is 1.43 bits per heavy atom. The van der Waals surface area contributed by atoms with Crippen LogP contribution in [0, 0.1) is 0 Å². The van der Waals surface area contributed by atoms with E-state index >= 15 is 0 Å². The molecule has 0 spiro atoms. The molecule has 0 saturated carbocycles. The molecule has 23 heavy (non-hydrogen) atoms. The van der Waals surface area contributed by atoms with E-state index in [1.165, 1.54) is 0 Å². The molecule has 7 nitrogen and oxygen atoms in total. The van der Waals surface area contributed by atoms with Crippen molar-refractivity contribution in [3.63, 3.8) is 0 Å². The third-order valence-corrected chi connectivity index (χ3v) is 3.49. The number of alkyl carbamates (subject to hydrolysis) is 1. The standard InChI is InChI=1S/C16H31N3O4/c1-16(2,3)23-15(21)18-10-5-7-12(11-22-4)19-13-8-6-9-17-14(13)20/h12-13,19H,5-11H2,1-4H3,(H,17,20)(H,18,21). The first kappa shape index (κ1) is 19.7. The first-order chi connectivity index (χ1) is 10.8. The smallest absolute Gasteiger partial charge is 0.407 e. The zero-order chi connectivity index (χ0) is 17.3. The number of ether oxygens (including phenoxy) is 2. The molecule has 1 rings (SSSR count). The summed E-state index contributed by atoms with van der Waals surface area (Å²) in [7, 11) is 1.65. The van der Waals surface area contributed by atoms with Crippen molar-refractivity contribution in [3.8, 4) is 0 Å². The first-order valence-corrected chi connectivity index (χ1v) is 8.31. The quantitative estimate of drug-likeness (QED) is 0.582. The van der Waals surface area contributed by atoms with E-state index in [0.29, 0.717) is 13.2 Å². The Balaban J connectivity index is 2.27. The van der Waals surface area contributed by atoms with Crippen LogP contribution in [0.5, 0.6) is 0 Å². The monoisotopic (exact) mass is 329 g/mol. The van der Waals surface area contributed by atoms with Crippen LogP contribution in [0.15, 0.2) is 0 Å². The highest BCUT2D eigenvalue weighted by atomic mass is 16.6. The molecule has 1 aliphatic heterocycles. The van der Waals surface area contributed by atoms with E-state index in [1.54, 1.807) is 7.11 Å². The molecule has 1 heterocycles. The number of carbonyl (C=O) groups is 2. The normalized spacial score (nSPS) is 19.8. The van der Waals surface area contributed by atoms with E-state index in [1.807, 2.05) is 20.8 Å². The number of amides is 2. The van der Waals surface area contributed by atoms with Crippen molar-refractivity contribution in [3.05, 3.63) is 0 Å². The van der Waals surface area contributed by atoms with E-state index in [0.717, 1.165) is 32.2 Å². The van der Waals surface area contributed by atoms with Crippen LogP contribution < -0.4 is 16.0 Å². The van der Waals surface area contributed by atoms with Crippen molar-refractivity contribution in [1.29, 1.82) is 0 Å². The minimum atomic E-state index is -0.488. The van der Waals surface area contributed by atoms with Gasteiger partial charge in [0.05, 0.1) is 12.6 Å². The van der Waals surface area contributed by atoms with E-state index in [4.69, 9.17) is 9.47 Å². The largest absolute Gasteiger partial charge is 0.444 e. The van der Waals surface area contributed by atoms with E-state index in [2.05, 4.69) is 16.0 Å². The number of hydrogen-bond donors (Lipinski definition) is 3. The summed E-state index contributed by atoms with van der Waals surface area (Å²) in [5, 5.41) is 8.96. The first-order valence-electron chi connectivity index (χ1n) is 8.31. The lowest BCUT2D eigenvalue weighted by Crippen LogP contribution is -2.52. The lowest BCUT2D eigenvalue weighted by Gasteiger charge is -2.28. The topological polar surface area (TPSA) is 88.7 Å². The lowest BCUT2D eigenvalue weighted by atomic mass is 10.0.